The molecule has 0 aliphatic rings. The van der Waals surface area contributed by atoms with Gasteiger partial charge in [-0.25, -0.2) is 19.3 Å². The number of nitrogens with zero attached hydrogens (tertiary/aromatic N) is 4. The molecule has 0 radical (unpaired) electrons. The van der Waals surface area contributed by atoms with E-state index in [4.69, 9.17) is 18.0 Å². The molecule has 2 heterocycles. The van der Waals surface area contributed by atoms with Crippen LogP contribution in [0.4, 0.5) is 4.39 Å². The maximum atomic E-state index is 13.8. The van der Waals surface area contributed by atoms with Crippen molar-refractivity contribution in [1.29, 1.82) is 0 Å². The highest BCUT2D eigenvalue weighted by Crippen LogP contribution is 2.13. The fourth-order valence-electron chi connectivity index (χ4n) is 1.27. The van der Waals surface area contributed by atoms with E-state index in [0.717, 1.165) is 0 Å². The summed E-state index contributed by atoms with van der Waals surface area (Å²) in [6.07, 6.45) is 4.29. The molecule has 0 bridgehead atoms. The lowest BCUT2D eigenvalue weighted by molar-refractivity contribution is 0.589. The van der Waals surface area contributed by atoms with Gasteiger partial charge in [0.05, 0.1) is 5.69 Å². The molecule has 0 spiro atoms. The quantitative estimate of drug-likeness (QED) is 0.780. The smallest absolute Gasteiger partial charge is 0.187 e. The number of nitrogens with two attached hydrogens (primary N) is 1. The number of hydrogen-bond acceptors (Lipinski definition) is 4. The molecule has 0 saturated heterocycles. The van der Waals surface area contributed by atoms with Crippen molar-refractivity contribution in [1.82, 2.24) is 19.5 Å². The zero-order valence-corrected chi connectivity index (χ0v) is 9.20. The van der Waals surface area contributed by atoms with Crippen LogP contribution < -0.4 is 5.73 Å². The summed E-state index contributed by atoms with van der Waals surface area (Å²) >= 11 is 4.81. The highest BCUT2D eigenvalue weighted by molar-refractivity contribution is 7.80. The molecule has 2 aromatic rings. The van der Waals surface area contributed by atoms with Crippen molar-refractivity contribution in [3.63, 3.8) is 0 Å². The Balaban J connectivity index is 2.63. The molecule has 0 aliphatic heterocycles. The summed E-state index contributed by atoms with van der Waals surface area (Å²) in [7, 11) is 0. The molecule has 0 fully saturated rings. The minimum atomic E-state index is -0.516. The Morgan fingerprint density at radius 2 is 2.19 bits per heavy atom. The maximum absolute atomic E-state index is 13.8. The average molecular weight is 237 g/mol. The third-order valence-electron chi connectivity index (χ3n) is 2.03. The van der Waals surface area contributed by atoms with Crippen LogP contribution in [0.2, 0.25) is 0 Å². The third-order valence-corrected chi connectivity index (χ3v) is 2.22. The van der Waals surface area contributed by atoms with Crippen molar-refractivity contribution in [3.8, 4) is 5.82 Å². The average Bonchev–Trinajstić information content (AvgIpc) is 2.70. The monoisotopic (exact) mass is 237 g/mol. The van der Waals surface area contributed by atoms with Crippen LogP contribution in [0, 0.1) is 12.7 Å². The van der Waals surface area contributed by atoms with Crippen molar-refractivity contribution in [3.05, 3.63) is 36.1 Å². The normalized spacial score (nSPS) is 10.4. The number of thiocarbonyl (C=S) groups is 1. The first kappa shape index (κ1) is 10.6. The van der Waals surface area contributed by atoms with Crippen LogP contribution in [0.3, 0.4) is 0 Å². The molecule has 82 valence electrons. The van der Waals surface area contributed by atoms with Crippen LogP contribution in [0.1, 0.15) is 11.5 Å². The van der Waals surface area contributed by atoms with E-state index in [2.05, 4.69) is 15.0 Å². The van der Waals surface area contributed by atoms with Crippen molar-refractivity contribution in [2.24, 2.45) is 5.73 Å². The van der Waals surface area contributed by atoms with Gasteiger partial charge in [0.1, 0.15) is 11.3 Å². The van der Waals surface area contributed by atoms with Crippen LogP contribution in [0.15, 0.2) is 18.7 Å². The summed E-state index contributed by atoms with van der Waals surface area (Å²) < 4.78 is 15.1. The second-order valence-electron chi connectivity index (χ2n) is 3.08. The van der Waals surface area contributed by atoms with Gasteiger partial charge in [-0.3, -0.25) is 4.57 Å². The van der Waals surface area contributed by atoms with Gasteiger partial charge in [-0.2, -0.15) is 0 Å². The molecule has 2 rings (SSSR count). The van der Waals surface area contributed by atoms with E-state index in [1.165, 1.54) is 17.1 Å². The first-order valence-electron chi connectivity index (χ1n) is 4.42. The molecule has 0 aliphatic carbocycles. The van der Waals surface area contributed by atoms with E-state index in [-0.39, 0.29) is 16.5 Å². The molecule has 0 amide bonds. The fraction of sp³-hybridized carbons (Fsp3) is 0.111. The summed E-state index contributed by atoms with van der Waals surface area (Å²) in [6, 6.07) is 0. The molecule has 2 aromatic heterocycles. The molecule has 2 N–H and O–H groups in total. The molecule has 0 saturated carbocycles. The van der Waals surface area contributed by atoms with E-state index in [9.17, 15) is 4.39 Å². The predicted molar refractivity (Wildman–Crippen MR) is 59.7 cm³/mol. The lowest BCUT2D eigenvalue weighted by Gasteiger charge is -2.07. The maximum Gasteiger partial charge on any atom is 0.187 e. The molecular formula is C9H8FN5S. The van der Waals surface area contributed by atoms with Gasteiger partial charge in [0.25, 0.3) is 0 Å². The number of aryl methyl sites for hydroxylation is 1. The Morgan fingerprint density at radius 1 is 1.44 bits per heavy atom. The molecule has 16 heavy (non-hydrogen) atoms. The van der Waals surface area contributed by atoms with Crippen LogP contribution in [0.25, 0.3) is 5.82 Å². The Kier molecular flexibility index (Phi) is 2.61. The van der Waals surface area contributed by atoms with Gasteiger partial charge >= 0.3 is 0 Å². The van der Waals surface area contributed by atoms with E-state index in [1.807, 2.05) is 0 Å². The van der Waals surface area contributed by atoms with Crippen LogP contribution in [0.5, 0.6) is 0 Å². The van der Waals surface area contributed by atoms with E-state index < -0.39 is 5.82 Å². The Morgan fingerprint density at radius 3 is 2.88 bits per heavy atom. The van der Waals surface area contributed by atoms with Gasteiger partial charge in [-0.1, -0.05) is 12.2 Å². The Bertz CT molecular complexity index is 551. The first-order valence-corrected chi connectivity index (χ1v) is 4.82. The summed E-state index contributed by atoms with van der Waals surface area (Å²) in [5.74, 6) is -0.127. The van der Waals surface area contributed by atoms with Crippen molar-refractivity contribution in [2.45, 2.75) is 6.92 Å². The minimum absolute atomic E-state index is 0.0839. The van der Waals surface area contributed by atoms with Gasteiger partial charge in [0.15, 0.2) is 17.5 Å². The topological polar surface area (TPSA) is 69.6 Å². The summed E-state index contributed by atoms with van der Waals surface area (Å²) in [6.45, 7) is 1.55. The SMILES string of the molecule is Cc1ncnc(-n2ccnc2C(N)=S)c1F. The molecule has 0 atom stereocenters. The molecular weight excluding hydrogens is 229 g/mol. The van der Waals surface area contributed by atoms with Crippen LogP contribution >= 0.6 is 12.2 Å². The van der Waals surface area contributed by atoms with Crippen LogP contribution in [-0.2, 0) is 0 Å². The van der Waals surface area contributed by atoms with Gasteiger partial charge in [0, 0.05) is 12.4 Å². The number of halogens is 1. The zero-order valence-electron chi connectivity index (χ0n) is 8.38. The number of aromatic nitrogens is 4. The van der Waals surface area contributed by atoms with E-state index in [1.54, 1.807) is 13.1 Å². The zero-order chi connectivity index (χ0) is 11.7. The predicted octanol–water partition coefficient (Wildman–Crippen LogP) is 0.744. The summed E-state index contributed by atoms with van der Waals surface area (Å²) in [5, 5.41) is 0. The molecule has 5 nitrogen and oxygen atoms in total. The van der Waals surface area contributed by atoms with Gasteiger partial charge < -0.3 is 5.73 Å². The molecule has 7 heteroatoms. The van der Waals surface area contributed by atoms with Crippen molar-refractivity contribution < 1.29 is 4.39 Å². The van der Waals surface area contributed by atoms with Crippen molar-refractivity contribution in [2.75, 3.05) is 0 Å². The largest absolute Gasteiger partial charge is 0.387 e. The third kappa shape index (κ3) is 1.65. The molecule has 0 unspecified atom stereocenters. The van der Waals surface area contributed by atoms with Gasteiger partial charge in [-0.15, -0.1) is 0 Å². The first-order chi connectivity index (χ1) is 7.61. The van der Waals surface area contributed by atoms with Gasteiger partial charge in [0.2, 0.25) is 0 Å². The van der Waals surface area contributed by atoms with Gasteiger partial charge in [-0.05, 0) is 6.92 Å². The lowest BCUT2D eigenvalue weighted by atomic mass is 10.4. The van der Waals surface area contributed by atoms with E-state index >= 15 is 0 Å². The number of hydrogen-bond donors (Lipinski definition) is 1. The second kappa shape index (κ2) is 3.93. The highest BCUT2D eigenvalue weighted by atomic mass is 32.1. The number of imidazole rings is 1. The van der Waals surface area contributed by atoms with Crippen LogP contribution in [-0.4, -0.2) is 24.5 Å². The van der Waals surface area contributed by atoms with Crippen molar-refractivity contribution >= 4 is 17.2 Å². The second-order valence-corrected chi connectivity index (χ2v) is 3.52. The standard InChI is InChI=1S/C9H8FN5S/c1-5-6(10)8(14-4-13-5)15-3-2-12-9(15)7(11)16/h2-4H,1H3,(H2,11,16). The Labute approximate surface area is 96.2 Å². The fourth-order valence-corrected chi connectivity index (χ4v) is 1.42. The molecule has 0 aromatic carbocycles. The van der Waals surface area contributed by atoms with E-state index in [0.29, 0.717) is 5.82 Å². The minimum Gasteiger partial charge on any atom is -0.387 e. The summed E-state index contributed by atoms with van der Waals surface area (Å²) in [4.78, 5) is 11.6. The Hall–Kier alpha value is -1.89. The lowest BCUT2D eigenvalue weighted by Crippen LogP contribution is -2.17. The number of rotatable bonds is 2. The summed E-state index contributed by atoms with van der Waals surface area (Å²) in [5.41, 5.74) is 5.72. The highest BCUT2D eigenvalue weighted by Gasteiger charge is 2.14.